The van der Waals surface area contributed by atoms with Crippen LogP contribution >= 0.6 is 0 Å². The van der Waals surface area contributed by atoms with E-state index in [0.717, 1.165) is 0 Å². The van der Waals surface area contributed by atoms with Crippen LogP contribution in [0.2, 0.25) is 0 Å². The Morgan fingerprint density at radius 1 is 1.05 bits per heavy atom. The number of carboxylic acid groups (broad SMARTS) is 1. The number of para-hydroxylation sites is 1. The quantitative estimate of drug-likeness (QED) is 0.417. The molecule has 5 atom stereocenters. The number of aromatic hydroxyl groups is 1. The van der Waals surface area contributed by atoms with Crippen molar-refractivity contribution < 1.29 is 44.6 Å². The minimum absolute atomic E-state index is 0.231. The van der Waals surface area contributed by atoms with Gasteiger partial charge in [0.25, 0.3) is 0 Å². The molecule has 22 heavy (non-hydrogen) atoms. The lowest BCUT2D eigenvalue weighted by Gasteiger charge is -2.37. The highest BCUT2D eigenvalue weighted by Crippen LogP contribution is 2.24. The molecule has 0 saturated carbocycles. The second-order valence-corrected chi connectivity index (χ2v) is 4.66. The number of benzene rings is 1. The van der Waals surface area contributed by atoms with Crippen molar-refractivity contribution in [2.24, 2.45) is 0 Å². The Morgan fingerprint density at radius 2 is 1.68 bits per heavy atom. The molecule has 0 bridgehead atoms. The third kappa shape index (κ3) is 3.02. The van der Waals surface area contributed by atoms with Crippen molar-refractivity contribution in [2.75, 3.05) is 0 Å². The number of aliphatic carboxylic acids is 1. The van der Waals surface area contributed by atoms with Gasteiger partial charge in [-0.2, -0.15) is 0 Å². The van der Waals surface area contributed by atoms with Crippen LogP contribution in [-0.2, 0) is 14.3 Å². The number of phenols is 1. The van der Waals surface area contributed by atoms with Gasteiger partial charge in [0, 0.05) is 0 Å². The smallest absolute Gasteiger partial charge is 0.344 e. The summed E-state index contributed by atoms with van der Waals surface area (Å²) in [4.78, 5) is 22.8. The van der Waals surface area contributed by atoms with E-state index in [2.05, 4.69) is 0 Å². The molecular weight excluding hydrogens is 300 g/mol. The summed E-state index contributed by atoms with van der Waals surface area (Å²) in [7, 11) is 0. The van der Waals surface area contributed by atoms with E-state index in [-0.39, 0.29) is 11.3 Å². The largest absolute Gasteiger partial charge is 0.507 e. The summed E-state index contributed by atoms with van der Waals surface area (Å²) in [6, 6.07) is 5.39. The second kappa shape index (κ2) is 6.28. The van der Waals surface area contributed by atoms with E-state index in [1.807, 2.05) is 0 Å². The third-order valence-corrected chi connectivity index (χ3v) is 3.16. The molecule has 0 radical (unpaired) electrons. The zero-order chi connectivity index (χ0) is 16.4. The molecule has 0 amide bonds. The fraction of sp³-hybridized carbons (Fsp3) is 0.385. The number of aliphatic hydroxyl groups excluding tert-OH is 3. The molecule has 1 unspecified atom stereocenters. The number of carboxylic acids is 1. The summed E-state index contributed by atoms with van der Waals surface area (Å²) in [5, 5.41) is 47.2. The number of carbonyl (C=O) groups excluding carboxylic acids is 1. The van der Waals surface area contributed by atoms with Gasteiger partial charge in [-0.25, -0.2) is 9.59 Å². The van der Waals surface area contributed by atoms with Crippen LogP contribution in [0, 0.1) is 0 Å². The van der Waals surface area contributed by atoms with Crippen LogP contribution < -0.4 is 0 Å². The first-order valence-corrected chi connectivity index (χ1v) is 6.24. The number of aliphatic hydroxyl groups is 3. The fourth-order valence-corrected chi connectivity index (χ4v) is 1.96. The average molecular weight is 314 g/mol. The van der Waals surface area contributed by atoms with E-state index in [1.165, 1.54) is 24.3 Å². The highest BCUT2D eigenvalue weighted by atomic mass is 16.7. The maximum absolute atomic E-state index is 11.9. The number of hydrogen-bond donors (Lipinski definition) is 5. The monoisotopic (exact) mass is 314 g/mol. The maximum atomic E-state index is 11.9. The van der Waals surface area contributed by atoms with Gasteiger partial charge in [0.05, 0.1) is 0 Å². The standard InChI is InChI=1S/C13H14O9/c14-6-4-2-1-3-5(6)12(20)22-13-9(17)7(15)8(16)10(21-13)11(18)19/h1-4,7-10,13-17H,(H,18,19)/t7-,8-,9+,10-,13?/m0/s1. The van der Waals surface area contributed by atoms with Crippen molar-refractivity contribution in [3.63, 3.8) is 0 Å². The Labute approximate surface area is 124 Å². The Bertz CT molecular complexity index is 572. The molecule has 9 heteroatoms. The number of esters is 1. The van der Waals surface area contributed by atoms with Gasteiger partial charge < -0.3 is 35.0 Å². The topological polar surface area (TPSA) is 154 Å². The lowest BCUT2D eigenvalue weighted by atomic mass is 9.99. The third-order valence-electron chi connectivity index (χ3n) is 3.16. The average Bonchev–Trinajstić information content (AvgIpc) is 2.47. The molecule has 1 aliphatic heterocycles. The number of hydrogen-bond acceptors (Lipinski definition) is 8. The minimum Gasteiger partial charge on any atom is -0.507 e. The molecule has 0 aromatic heterocycles. The van der Waals surface area contributed by atoms with Crippen molar-refractivity contribution in [1.29, 1.82) is 0 Å². The predicted molar refractivity (Wildman–Crippen MR) is 67.8 cm³/mol. The van der Waals surface area contributed by atoms with Gasteiger partial charge in [-0.05, 0) is 12.1 Å². The van der Waals surface area contributed by atoms with Gasteiger partial charge in [0.1, 0.15) is 29.6 Å². The molecule has 5 N–H and O–H groups in total. The summed E-state index contributed by atoms with van der Waals surface area (Å²) in [5.41, 5.74) is -0.231. The van der Waals surface area contributed by atoms with Gasteiger partial charge in [-0.3, -0.25) is 0 Å². The van der Waals surface area contributed by atoms with Gasteiger partial charge >= 0.3 is 11.9 Å². The van der Waals surface area contributed by atoms with Crippen LogP contribution in [0.15, 0.2) is 24.3 Å². The summed E-state index contributed by atoms with van der Waals surface area (Å²) in [6.07, 6.45) is -9.29. The zero-order valence-corrected chi connectivity index (χ0v) is 11.1. The van der Waals surface area contributed by atoms with Gasteiger partial charge in [-0.1, -0.05) is 12.1 Å². The molecule has 9 nitrogen and oxygen atoms in total. The van der Waals surface area contributed by atoms with Crippen LogP contribution in [0.3, 0.4) is 0 Å². The summed E-state index contributed by atoms with van der Waals surface area (Å²) in [5.74, 6) is -3.06. The normalized spacial score (nSPS) is 31.5. The van der Waals surface area contributed by atoms with E-state index in [9.17, 15) is 30.0 Å². The van der Waals surface area contributed by atoms with Crippen LogP contribution in [0.4, 0.5) is 0 Å². The minimum atomic E-state index is -1.88. The first kappa shape index (κ1) is 16.2. The van der Waals surface area contributed by atoms with Crippen LogP contribution in [-0.4, -0.2) is 68.2 Å². The molecule has 1 saturated heterocycles. The Morgan fingerprint density at radius 3 is 2.27 bits per heavy atom. The number of ether oxygens (including phenoxy) is 2. The van der Waals surface area contributed by atoms with E-state index in [1.54, 1.807) is 0 Å². The van der Waals surface area contributed by atoms with Crippen molar-refractivity contribution >= 4 is 11.9 Å². The lowest BCUT2D eigenvalue weighted by molar-refractivity contribution is -0.278. The van der Waals surface area contributed by atoms with Crippen LogP contribution in [0.5, 0.6) is 5.75 Å². The van der Waals surface area contributed by atoms with Gasteiger partial charge in [0.2, 0.25) is 6.29 Å². The maximum Gasteiger partial charge on any atom is 0.344 e. The Balaban J connectivity index is 2.16. The number of rotatable bonds is 3. The number of carbonyl (C=O) groups is 2. The van der Waals surface area contributed by atoms with Crippen molar-refractivity contribution in [1.82, 2.24) is 0 Å². The molecular formula is C13H14O9. The molecule has 120 valence electrons. The summed E-state index contributed by atoms with van der Waals surface area (Å²) >= 11 is 0. The Kier molecular flexibility index (Phi) is 4.62. The van der Waals surface area contributed by atoms with E-state index < -0.39 is 42.6 Å². The first-order chi connectivity index (χ1) is 10.3. The van der Waals surface area contributed by atoms with Crippen molar-refractivity contribution in [3.05, 3.63) is 29.8 Å². The van der Waals surface area contributed by atoms with Crippen LogP contribution in [0.1, 0.15) is 10.4 Å². The second-order valence-electron chi connectivity index (χ2n) is 4.66. The lowest BCUT2D eigenvalue weighted by Crippen LogP contribution is -2.60. The van der Waals surface area contributed by atoms with Crippen LogP contribution in [0.25, 0.3) is 0 Å². The summed E-state index contributed by atoms with van der Waals surface area (Å²) in [6.45, 7) is 0. The van der Waals surface area contributed by atoms with E-state index in [0.29, 0.717) is 0 Å². The van der Waals surface area contributed by atoms with E-state index in [4.69, 9.17) is 14.6 Å². The molecule has 1 fully saturated rings. The summed E-state index contributed by atoms with van der Waals surface area (Å²) < 4.78 is 9.55. The zero-order valence-electron chi connectivity index (χ0n) is 11.1. The van der Waals surface area contributed by atoms with Gasteiger partial charge in [-0.15, -0.1) is 0 Å². The number of phenolic OH excluding ortho intramolecular Hbond substituents is 1. The molecule has 1 aromatic rings. The SMILES string of the molecule is O=C(OC1O[C@H](C(=O)O)[C@@H](O)[C@H](O)[C@H]1O)c1ccccc1O. The highest BCUT2D eigenvalue weighted by Gasteiger charge is 2.48. The van der Waals surface area contributed by atoms with Gasteiger partial charge in [0.15, 0.2) is 6.10 Å². The highest BCUT2D eigenvalue weighted by molar-refractivity contribution is 5.92. The molecule has 1 heterocycles. The van der Waals surface area contributed by atoms with Crippen molar-refractivity contribution in [2.45, 2.75) is 30.7 Å². The Hall–Kier alpha value is -2.20. The molecule has 1 aromatic carbocycles. The van der Waals surface area contributed by atoms with E-state index >= 15 is 0 Å². The molecule has 2 rings (SSSR count). The first-order valence-electron chi connectivity index (χ1n) is 6.24. The molecule has 0 spiro atoms. The fourth-order valence-electron chi connectivity index (χ4n) is 1.96. The van der Waals surface area contributed by atoms with Crippen molar-refractivity contribution in [3.8, 4) is 5.75 Å². The molecule has 1 aliphatic rings. The predicted octanol–water partition coefficient (Wildman–Crippen LogP) is -1.56. The molecule has 0 aliphatic carbocycles.